The van der Waals surface area contributed by atoms with E-state index < -0.39 is 6.10 Å². The van der Waals surface area contributed by atoms with Crippen LogP contribution in [-0.2, 0) is 18.3 Å². The summed E-state index contributed by atoms with van der Waals surface area (Å²) in [6, 6.07) is 11.7. The number of aliphatic hydroxyl groups is 1. The number of aromatic nitrogens is 1. The SMILES string of the molecule is Cc1cccc(CC(=O)NCCC(O)c2cccn2C)c1. The molecule has 21 heavy (non-hydrogen) atoms. The van der Waals surface area contributed by atoms with E-state index in [1.807, 2.05) is 61.1 Å². The molecule has 1 atom stereocenters. The third-order valence-electron chi connectivity index (χ3n) is 3.51. The van der Waals surface area contributed by atoms with Crippen LogP contribution in [0.3, 0.4) is 0 Å². The summed E-state index contributed by atoms with van der Waals surface area (Å²) in [4.78, 5) is 11.9. The molecule has 4 nitrogen and oxygen atoms in total. The summed E-state index contributed by atoms with van der Waals surface area (Å²) >= 11 is 0. The molecule has 0 aliphatic rings. The Morgan fingerprint density at radius 3 is 2.81 bits per heavy atom. The van der Waals surface area contributed by atoms with Crippen molar-refractivity contribution >= 4 is 5.91 Å². The average Bonchev–Trinajstić information content (AvgIpc) is 2.85. The van der Waals surface area contributed by atoms with Gasteiger partial charge in [0.25, 0.3) is 0 Å². The number of rotatable bonds is 6. The molecule has 2 aromatic rings. The topological polar surface area (TPSA) is 54.3 Å². The standard InChI is InChI=1S/C17H22N2O2/c1-13-5-3-6-14(11-13)12-17(21)18-9-8-16(20)15-7-4-10-19(15)2/h3-7,10-11,16,20H,8-9,12H2,1-2H3,(H,18,21). The van der Waals surface area contributed by atoms with Crippen molar-refractivity contribution in [2.45, 2.75) is 25.9 Å². The molecular formula is C17H22N2O2. The molecule has 0 saturated carbocycles. The van der Waals surface area contributed by atoms with Crippen LogP contribution in [-0.4, -0.2) is 22.1 Å². The maximum Gasteiger partial charge on any atom is 0.224 e. The van der Waals surface area contributed by atoms with Crippen molar-refractivity contribution in [1.82, 2.24) is 9.88 Å². The lowest BCUT2D eigenvalue weighted by molar-refractivity contribution is -0.120. The number of amides is 1. The smallest absolute Gasteiger partial charge is 0.224 e. The van der Waals surface area contributed by atoms with E-state index in [1.54, 1.807) is 0 Å². The molecule has 0 radical (unpaired) electrons. The fourth-order valence-corrected chi connectivity index (χ4v) is 2.39. The number of carbonyl (C=O) groups excluding carboxylic acids is 1. The van der Waals surface area contributed by atoms with Crippen molar-refractivity contribution in [3.05, 3.63) is 59.4 Å². The molecule has 1 amide bonds. The Labute approximate surface area is 125 Å². The molecule has 1 aromatic carbocycles. The Morgan fingerprint density at radius 1 is 1.33 bits per heavy atom. The van der Waals surface area contributed by atoms with Gasteiger partial charge in [-0.15, -0.1) is 0 Å². The van der Waals surface area contributed by atoms with Gasteiger partial charge >= 0.3 is 0 Å². The minimum atomic E-state index is -0.552. The Morgan fingerprint density at radius 2 is 2.14 bits per heavy atom. The summed E-state index contributed by atoms with van der Waals surface area (Å²) < 4.78 is 1.89. The van der Waals surface area contributed by atoms with Crippen LogP contribution in [0, 0.1) is 6.92 Å². The first-order chi connectivity index (χ1) is 10.1. The number of carbonyl (C=O) groups is 1. The molecule has 4 heteroatoms. The number of aryl methyl sites for hydroxylation is 2. The average molecular weight is 286 g/mol. The zero-order valence-electron chi connectivity index (χ0n) is 12.5. The zero-order valence-corrected chi connectivity index (χ0v) is 12.5. The van der Waals surface area contributed by atoms with Gasteiger partial charge in [-0.2, -0.15) is 0 Å². The van der Waals surface area contributed by atoms with Gasteiger partial charge in [0.15, 0.2) is 0 Å². The minimum absolute atomic E-state index is 0.0142. The molecule has 0 aliphatic carbocycles. The maximum absolute atomic E-state index is 11.9. The van der Waals surface area contributed by atoms with Gasteiger partial charge in [0.1, 0.15) is 0 Å². The second-order valence-electron chi connectivity index (χ2n) is 5.36. The summed E-state index contributed by atoms with van der Waals surface area (Å²) in [6.07, 6.45) is 2.23. The van der Waals surface area contributed by atoms with Crippen LogP contribution in [0.1, 0.15) is 29.3 Å². The summed E-state index contributed by atoms with van der Waals surface area (Å²) in [6.45, 7) is 2.48. The van der Waals surface area contributed by atoms with Gasteiger partial charge < -0.3 is 15.0 Å². The third kappa shape index (κ3) is 4.46. The first-order valence-electron chi connectivity index (χ1n) is 7.18. The van der Waals surface area contributed by atoms with E-state index in [4.69, 9.17) is 0 Å². The van der Waals surface area contributed by atoms with E-state index >= 15 is 0 Å². The summed E-state index contributed by atoms with van der Waals surface area (Å²) in [5.74, 6) is -0.0142. The molecule has 2 N–H and O–H groups in total. The molecule has 0 aliphatic heterocycles. The maximum atomic E-state index is 11.9. The zero-order chi connectivity index (χ0) is 15.2. The highest BCUT2D eigenvalue weighted by Crippen LogP contribution is 2.15. The van der Waals surface area contributed by atoms with Gasteiger partial charge in [-0.1, -0.05) is 29.8 Å². The predicted octanol–water partition coefficient (Wildman–Crippen LogP) is 2.12. The third-order valence-corrected chi connectivity index (χ3v) is 3.51. The largest absolute Gasteiger partial charge is 0.387 e. The van der Waals surface area contributed by atoms with Gasteiger partial charge in [-0.05, 0) is 31.0 Å². The lowest BCUT2D eigenvalue weighted by Crippen LogP contribution is -2.27. The number of hydrogen-bond donors (Lipinski definition) is 2. The highest BCUT2D eigenvalue weighted by molar-refractivity contribution is 5.78. The van der Waals surface area contributed by atoms with E-state index in [1.165, 1.54) is 0 Å². The first-order valence-corrected chi connectivity index (χ1v) is 7.18. The van der Waals surface area contributed by atoms with Crippen LogP contribution >= 0.6 is 0 Å². The van der Waals surface area contributed by atoms with E-state index in [9.17, 15) is 9.90 Å². The molecule has 2 rings (SSSR count). The Kier molecular flexibility index (Phi) is 5.17. The van der Waals surface area contributed by atoms with Crippen LogP contribution in [0.4, 0.5) is 0 Å². The first kappa shape index (κ1) is 15.3. The van der Waals surface area contributed by atoms with Crippen molar-refractivity contribution in [3.63, 3.8) is 0 Å². The number of benzene rings is 1. The summed E-state index contributed by atoms with van der Waals surface area (Å²) in [7, 11) is 1.90. The monoisotopic (exact) mass is 286 g/mol. The Balaban J connectivity index is 1.76. The molecule has 112 valence electrons. The van der Waals surface area contributed by atoms with Gasteiger partial charge in [0, 0.05) is 25.5 Å². The van der Waals surface area contributed by atoms with E-state index in [0.29, 0.717) is 19.4 Å². The van der Waals surface area contributed by atoms with Crippen molar-refractivity contribution in [3.8, 4) is 0 Å². The van der Waals surface area contributed by atoms with Crippen LogP contribution in [0.15, 0.2) is 42.6 Å². The molecule has 1 aromatic heterocycles. The number of nitrogens with zero attached hydrogens (tertiary/aromatic N) is 1. The number of nitrogens with one attached hydrogen (secondary N) is 1. The quantitative estimate of drug-likeness (QED) is 0.854. The van der Waals surface area contributed by atoms with Crippen molar-refractivity contribution in [1.29, 1.82) is 0 Å². The van der Waals surface area contributed by atoms with E-state index in [-0.39, 0.29) is 5.91 Å². The van der Waals surface area contributed by atoms with E-state index in [0.717, 1.165) is 16.8 Å². The second kappa shape index (κ2) is 7.09. The van der Waals surface area contributed by atoms with Crippen molar-refractivity contribution in [2.24, 2.45) is 7.05 Å². The van der Waals surface area contributed by atoms with Crippen LogP contribution in [0.2, 0.25) is 0 Å². The summed E-state index contributed by atoms with van der Waals surface area (Å²) in [5.41, 5.74) is 3.03. The Bertz CT molecular complexity index is 604. The van der Waals surface area contributed by atoms with Crippen LogP contribution in [0.25, 0.3) is 0 Å². The molecular weight excluding hydrogens is 264 g/mol. The fourth-order valence-electron chi connectivity index (χ4n) is 2.39. The second-order valence-corrected chi connectivity index (χ2v) is 5.36. The predicted molar refractivity (Wildman–Crippen MR) is 82.9 cm³/mol. The molecule has 0 bridgehead atoms. The molecule has 0 saturated heterocycles. The molecule has 1 heterocycles. The fraction of sp³-hybridized carbons (Fsp3) is 0.353. The minimum Gasteiger partial charge on any atom is -0.387 e. The van der Waals surface area contributed by atoms with Gasteiger partial charge in [0.2, 0.25) is 5.91 Å². The highest BCUT2D eigenvalue weighted by Gasteiger charge is 2.11. The van der Waals surface area contributed by atoms with Crippen molar-refractivity contribution in [2.75, 3.05) is 6.54 Å². The van der Waals surface area contributed by atoms with Gasteiger partial charge in [-0.3, -0.25) is 4.79 Å². The number of hydrogen-bond acceptors (Lipinski definition) is 2. The van der Waals surface area contributed by atoms with E-state index in [2.05, 4.69) is 5.32 Å². The molecule has 1 unspecified atom stereocenters. The lowest BCUT2D eigenvalue weighted by Gasteiger charge is -2.12. The van der Waals surface area contributed by atoms with Crippen LogP contribution < -0.4 is 5.32 Å². The lowest BCUT2D eigenvalue weighted by atomic mass is 10.1. The van der Waals surface area contributed by atoms with Crippen LogP contribution in [0.5, 0.6) is 0 Å². The Hall–Kier alpha value is -2.07. The molecule has 0 spiro atoms. The van der Waals surface area contributed by atoms with Gasteiger partial charge in [0.05, 0.1) is 12.5 Å². The molecule has 0 fully saturated rings. The highest BCUT2D eigenvalue weighted by atomic mass is 16.3. The summed E-state index contributed by atoms with van der Waals surface area (Å²) in [5, 5.41) is 12.9. The number of aliphatic hydroxyl groups excluding tert-OH is 1. The normalized spacial score (nSPS) is 12.1. The van der Waals surface area contributed by atoms with Crippen molar-refractivity contribution < 1.29 is 9.90 Å². The van der Waals surface area contributed by atoms with Gasteiger partial charge in [-0.25, -0.2) is 0 Å².